The molecule has 2 aromatic carbocycles. The van der Waals surface area contributed by atoms with E-state index < -0.39 is 0 Å². The summed E-state index contributed by atoms with van der Waals surface area (Å²) in [5, 5.41) is 5.46. The number of carbonyl (C=O) groups is 1. The van der Waals surface area contributed by atoms with Crippen molar-refractivity contribution >= 4 is 22.4 Å². The standard InChI is InChI=1S/C21H21N3O3S/c25-20(16-5-4-8-19(13-16)27-18-6-2-1-3-7-18)23-21-22-17(15-28-21)14-24-9-11-26-12-10-24/h1-8,13,15H,9-12,14H2,(H,22,23,25). The second-order valence-corrected chi connectivity index (χ2v) is 7.29. The number of nitrogens with zero attached hydrogens (tertiary/aromatic N) is 2. The minimum atomic E-state index is -0.203. The Kier molecular flexibility index (Phi) is 5.96. The molecule has 1 fully saturated rings. The van der Waals surface area contributed by atoms with Gasteiger partial charge < -0.3 is 9.47 Å². The van der Waals surface area contributed by atoms with Crippen molar-refractivity contribution in [3.05, 3.63) is 71.2 Å². The summed E-state index contributed by atoms with van der Waals surface area (Å²) in [6.07, 6.45) is 0. The van der Waals surface area contributed by atoms with E-state index >= 15 is 0 Å². The van der Waals surface area contributed by atoms with Gasteiger partial charge in [0.15, 0.2) is 5.13 Å². The van der Waals surface area contributed by atoms with Crippen LogP contribution in [0, 0.1) is 0 Å². The van der Waals surface area contributed by atoms with Gasteiger partial charge in [0.05, 0.1) is 18.9 Å². The molecular weight excluding hydrogens is 374 g/mol. The predicted molar refractivity (Wildman–Crippen MR) is 109 cm³/mol. The molecule has 1 N–H and O–H groups in total. The molecule has 0 saturated carbocycles. The van der Waals surface area contributed by atoms with Crippen LogP contribution < -0.4 is 10.1 Å². The SMILES string of the molecule is O=C(Nc1nc(CN2CCOCC2)cs1)c1cccc(Oc2ccccc2)c1. The van der Waals surface area contributed by atoms with Crippen molar-refractivity contribution < 1.29 is 14.3 Å². The highest BCUT2D eigenvalue weighted by molar-refractivity contribution is 7.13. The number of anilines is 1. The first-order valence-electron chi connectivity index (χ1n) is 9.15. The number of hydrogen-bond donors (Lipinski definition) is 1. The molecule has 1 amide bonds. The number of para-hydroxylation sites is 1. The van der Waals surface area contributed by atoms with Crippen LogP contribution in [0.15, 0.2) is 60.0 Å². The minimum Gasteiger partial charge on any atom is -0.457 e. The van der Waals surface area contributed by atoms with Crippen LogP contribution in [0.2, 0.25) is 0 Å². The first kappa shape index (κ1) is 18.6. The number of benzene rings is 2. The summed E-state index contributed by atoms with van der Waals surface area (Å²) in [6, 6.07) is 16.6. The lowest BCUT2D eigenvalue weighted by Gasteiger charge is -2.25. The second-order valence-electron chi connectivity index (χ2n) is 6.43. The van der Waals surface area contributed by atoms with Gasteiger partial charge in [-0.15, -0.1) is 11.3 Å². The monoisotopic (exact) mass is 395 g/mol. The average molecular weight is 395 g/mol. The lowest BCUT2D eigenvalue weighted by atomic mass is 10.2. The summed E-state index contributed by atoms with van der Waals surface area (Å²) in [7, 11) is 0. The summed E-state index contributed by atoms with van der Waals surface area (Å²) < 4.78 is 11.2. The Balaban J connectivity index is 1.37. The maximum absolute atomic E-state index is 12.6. The van der Waals surface area contributed by atoms with Gasteiger partial charge in [-0.3, -0.25) is 15.0 Å². The molecule has 28 heavy (non-hydrogen) atoms. The van der Waals surface area contributed by atoms with E-state index in [4.69, 9.17) is 9.47 Å². The molecule has 1 aromatic heterocycles. The van der Waals surface area contributed by atoms with Crippen LogP contribution in [0.4, 0.5) is 5.13 Å². The fraction of sp³-hybridized carbons (Fsp3) is 0.238. The van der Waals surface area contributed by atoms with Crippen LogP contribution in [0.3, 0.4) is 0 Å². The normalized spacial score (nSPS) is 14.6. The molecule has 1 aliphatic heterocycles. The number of thiazole rings is 1. The van der Waals surface area contributed by atoms with Crippen LogP contribution in [-0.4, -0.2) is 42.1 Å². The van der Waals surface area contributed by atoms with Crippen molar-refractivity contribution in [2.24, 2.45) is 0 Å². The number of hydrogen-bond acceptors (Lipinski definition) is 6. The zero-order valence-electron chi connectivity index (χ0n) is 15.3. The third-order valence-corrected chi connectivity index (χ3v) is 5.14. The van der Waals surface area contributed by atoms with Crippen molar-refractivity contribution in [2.75, 3.05) is 31.6 Å². The van der Waals surface area contributed by atoms with Gasteiger partial charge >= 0.3 is 0 Å². The molecular formula is C21H21N3O3S. The zero-order valence-corrected chi connectivity index (χ0v) is 16.2. The van der Waals surface area contributed by atoms with E-state index in [1.165, 1.54) is 11.3 Å². The van der Waals surface area contributed by atoms with Gasteiger partial charge in [-0.05, 0) is 30.3 Å². The Labute approximate surface area is 167 Å². The maximum Gasteiger partial charge on any atom is 0.257 e. The Bertz CT molecular complexity index is 923. The van der Waals surface area contributed by atoms with Gasteiger partial charge in [-0.1, -0.05) is 24.3 Å². The molecule has 6 nitrogen and oxygen atoms in total. The third kappa shape index (κ3) is 4.95. The molecule has 7 heteroatoms. The second kappa shape index (κ2) is 8.97. The van der Waals surface area contributed by atoms with Gasteiger partial charge in [-0.25, -0.2) is 4.98 Å². The van der Waals surface area contributed by atoms with Crippen molar-refractivity contribution in [3.63, 3.8) is 0 Å². The average Bonchev–Trinajstić information content (AvgIpc) is 3.16. The Morgan fingerprint density at radius 3 is 2.71 bits per heavy atom. The quantitative estimate of drug-likeness (QED) is 0.683. The van der Waals surface area contributed by atoms with Gasteiger partial charge in [0.2, 0.25) is 0 Å². The van der Waals surface area contributed by atoms with Crippen LogP contribution in [0.5, 0.6) is 11.5 Å². The van der Waals surface area contributed by atoms with Gasteiger partial charge in [0, 0.05) is 30.6 Å². The number of amides is 1. The molecule has 0 spiro atoms. The van der Waals surface area contributed by atoms with E-state index in [0.29, 0.717) is 16.4 Å². The summed E-state index contributed by atoms with van der Waals surface area (Å²) in [6.45, 7) is 4.11. The van der Waals surface area contributed by atoms with Crippen molar-refractivity contribution in [3.8, 4) is 11.5 Å². The lowest BCUT2D eigenvalue weighted by molar-refractivity contribution is 0.0337. The van der Waals surface area contributed by atoms with E-state index in [0.717, 1.165) is 44.3 Å². The van der Waals surface area contributed by atoms with Crippen LogP contribution in [-0.2, 0) is 11.3 Å². The van der Waals surface area contributed by atoms with Gasteiger partial charge in [0.1, 0.15) is 11.5 Å². The topological polar surface area (TPSA) is 63.7 Å². The number of nitrogens with one attached hydrogen (secondary N) is 1. The molecule has 2 heterocycles. The lowest BCUT2D eigenvalue weighted by Crippen LogP contribution is -2.35. The molecule has 4 rings (SSSR count). The van der Waals surface area contributed by atoms with Crippen molar-refractivity contribution in [1.82, 2.24) is 9.88 Å². The highest BCUT2D eigenvalue weighted by Crippen LogP contribution is 2.23. The third-order valence-electron chi connectivity index (χ3n) is 4.34. The van der Waals surface area contributed by atoms with Crippen LogP contribution >= 0.6 is 11.3 Å². The fourth-order valence-electron chi connectivity index (χ4n) is 2.92. The van der Waals surface area contributed by atoms with Gasteiger partial charge in [-0.2, -0.15) is 0 Å². The fourth-order valence-corrected chi connectivity index (χ4v) is 3.62. The van der Waals surface area contributed by atoms with E-state index in [9.17, 15) is 4.79 Å². The molecule has 0 atom stereocenters. The summed E-state index contributed by atoms with van der Waals surface area (Å²) in [5.74, 6) is 1.14. The molecule has 3 aromatic rings. The van der Waals surface area contributed by atoms with Crippen molar-refractivity contribution in [1.29, 1.82) is 0 Å². The molecule has 0 bridgehead atoms. The first-order chi connectivity index (χ1) is 13.8. The van der Waals surface area contributed by atoms with E-state index in [1.54, 1.807) is 18.2 Å². The number of morpholine rings is 1. The highest BCUT2D eigenvalue weighted by Gasteiger charge is 2.14. The summed E-state index contributed by atoms with van der Waals surface area (Å²) >= 11 is 1.44. The van der Waals surface area contributed by atoms with E-state index in [1.807, 2.05) is 41.8 Å². The number of rotatable bonds is 6. The van der Waals surface area contributed by atoms with E-state index in [-0.39, 0.29) is 5.91 Å². The zero-order chi connectivity index (χ0) is 19.2. The number of carbonyl (C=O) groups excluding carboxylic acids is 1. The van der Waals surface area contributed by atoms with E-state index in [2.05, 4.69) is 15.2 Å². The Morgan fingerprint density at radius 1 is 1.11 bits per heavy atom. The molecule has 1 aliphatic rings. The first-order valence-corrected chi connectivity index (χ1v) is 10.0. The molecule has 144 valence electrons. The number of aromatic nitrogens is 1. The molecule has 0 unspecified atom stereocenters. The smallest absolute Gasteiger partial charge is 0.257 e. The molecule has 0 radical (unpaired) electrons. The van der Waals surface area contributed by atoms with Crippen LogP contribution in [0.1, 0.15) is 16.1 Å². The maximum atomic E-state index is 12.6. The molecule has 0 aliphatic carbocycles. The predicted octanol–water partition coefficient (Wildman–Crippen LogP) is 4.02. The van der Waals surface area contributed by atoms with Crippen LogP contribution in [0.25, 0.3) is 0 Å². The Hall–Kier alpha value is -2.74. The van der Waals surface area contributed by atoms with Crippen molar-refractivity contribution in [2.45, 2.75) is 6.54 Å². The Morgan fingerprint density at radius 2 is 1.89 bits per heavy atom. The molecule has 1 saturated heterocycles. The largest absolute Gasteiger partial charge is 0.457 e. The summed E-state index contributed by atoms with van der Waals surface area (Å²) in [5.41, 5.74) is 1.49. The minimum absolute atomic E-state index is 0.203. The highest BCUT2D eigenvalue weighted by atomic mass is 32.1. The summed E-state index contributed by atoms with van der Waals surface area (Å²) in [4.78, 5) is 19.4. The van der Waals surface area contributed by atoms with Gasteiger partial charge in [0.25, 0.3) is 5.91 Å². The number of ether oxygens (including phenoxy) is 2.